The van der Waals surface area contributed by atoms with Crippen LogP contribution in [0.2, 0.25) is 0 Å². The monoisotopic (exact) mass is 664 g/mol. The molecule has 5 rings (SSSR count). The molecule has 3 aromatic heterocycles. The van der Waals surface area contributed by atoms with Gasteiger partial charge in [-0.25, -0.2) is 27.7 Å². The summed E-state index contributed by atoms with van der Waals surface area (Å²) < 4.78 is 88.9. The van der Waals surface area contributed by atoms with Gasteiger partial charge < -0.3 is 25.0 Å². The van der Waals surface area contributed by atoms with E-state index in [1.807, 2.05) is 0 Å². The summed E-state index contributed by atoms with van der Waals surface area (Å²) in [5.41, 5.74) is -1.78. The zero-order chi connectivity index (χ0) is 34.7. The number of amides is 3. The van der Waals surface area contributed by atoms with E-state index in [0.717, 1.165) is 31.6 Å². The van der Waals surface area contributed by atoms with Crippen molar-refractivity contribution < 1.29 is 45.6 Å². The highest BCUT2D eigenvalue weighted by Crippen LogP contribution is 2.44. The number of alkyl halides is 5. The summed E-state index contributed by atoms with van der Waals surface area (Å²) >= 11 is 0. The van der Waals surface area contributed by atoms with E-state index >= 15 is 8.78 Å². The number of carbonyl (C=O) groups excluding carboxylic acids is 2. The van der Waals surface area contributed by atoms with E-state index in [0.29, 0.717) is 11.3 Å². The van der Waals surface area contributed by atoms with Gasteiger partial charge in [-0.1, -0.05) is 5.16 Å². The molecular formula is C25H33B4F5N8O5. The zero-order valence-corrected chi connectivity index (χ0v) is 26.9. The van der Waals surface area contributed by atoms with Gasteiger partial charge in [0.1, 0.15) is 37.1 Å². The first-order valence-electron chi connectivity index (χ1n) is 14.9. The molecular weight excluding hydrogens is 631 g/mol. The van der Waals surface area contributed by atoms with E-state index in [9.17, 15) is 22.8 Å². The van der Waals surface area contributed by atoms with Crippen LogP contribution in [0.15, 0.2) is 23.1 Å². The minimum atomic E-state index is -4.72. The van der Waals surface area contributed by atoms with Crippen molar-refractivity contribution in [3.8, 4) is 0 Å². The predicted octanol–water partition coefficient (Wildman–Crippen LogP) is -0.994. The second-order valence-corrected chi connectivity index (χ2v) is 13.4. The maximum absolute atomic E-state index is 15.7. The largest absolute Gasteiger partial charge is 0.416 e. The number of nitrogens with zero attached hydrogens (tertiary/aromatic N) is 6. The highest BCUT2D eigenvalue weighted by molar-refractivity contribution is 6.48. The maximum atomic E-state index is 15.7. The number of hydrogen-bond acceptors (Lipinski definition) is 9. The summed E-state index contributed by atoms with van der Waals surface area (Å²) in [5.74, 6) is -4.14. The lowest BCUT2D eigenvalue weighted by Gasteiger charge is -2.57. The van der Waals surface area contributed by atoms with Gasteiger partial charge in [0.05, 0.1) is 43.4 Å². The fraction of sp³-hybridized carbons (Fsp3) is 0.600. The number of halogens is 5. The second kappa shape index (κ2) is 11.8. The number of ether oxygens (including phenoxy) is 2. The average molecular weight is 664 g/mol. The molecule has 0 bridgehead atoms. The Bertz CT molecular complexity index is 1670. The normalized spacial score (nSPS) is 20.5. The van der Waals surface area contributed by atoms with Crippen LogP contribution < -0.4 is 10.6 Å². The van der Waals surface area contributed by atoms with Crippen LogP contribution in [-0.2, 0) is 9.47 Å². The average Bonchev–Trinajstić information content (AvgIpc) is 3.52. The molecule has 47 heavy (non-hydrogen) atoms. The molecule has 1 aliphatic carbocycles. The van der Waals surface area contributed by atoms with E-state index < -0.39 is 59.0 Å². The van der Waals surface area contributed by atoms with Crippen LogP contribution >= 0.6 is 0 Å². The second-order valence-electron chi connectivity index (χ2n) is 13.4. The molecule has 1 saturated carbocycles. The predicted molar refractivity (Wildman–Crippen MR) is 165 cm³/mol. The summed E-state index contributed by atoms with van der Waals surface area (Å²) in [6.45, 7) is 0.898. The molecule has 4 heterocycles. The van der Waals surface area contributed by atoms with Gasteiger partial charge in [0, 0.05) is 29.3 Å². The van der Waals surface area contributed by atoms with Gasteiger partial charge in [-0.2, -0.15) is 18.3 Å². The van der Waals surface area contributed by atoms with Crippen molar-refractivity contribution in [2.24, 2.45) is 0 Å². The molecule has 0 radical (unpaired) electrons. The van der Waals surface area contributed by atoms with Crippen molar-refractivity contribution in [2.45, 2.75) is 73.1 Å². The number of carbonyl (C=O) groups is 2. The van der Waals surface area contributed by atoms with Gasteiger partial charge in [0.25, 0.3) is 11.8 Å². The Morgan fingerprint density at radius 2 is 1.87 bits per heavy atom. The Labute approximate surface area is 269 Å². The SMILES string of the molecule is BC1(B)NC(=O)N([C@H](COC)c2cnn3cc([C@H](COC(C)(C)C(F)(F)F)NC(=O)c4nonc4C4CC4)nc3c2)C(B)(B)C1(F)F. The molecule has 1 saturated heterocycles. The first-order chi connectivity index (χ1) is 21.7. The molecule has 250 valence electrons. The third-order valence-electron chi connectivity index (χ3n) is 8.82. The van der Waals surface area contributed by atoms with Gasteiger partial charge in [-0.05, 0) is 37.9 Å². The van der Waals surface area contributed by atoms with Gasteiger partial charge in [-0.3, -0.25) is 4.79 Å². The van der Waals surface area contributed by atoms with Crippen LogP contribution in [0.25, 0.3) is 5.65 Å². The molecule has 3 amide bonds. The van der Waals surface area contributed by atoms with Crippen LogP contribution in [0.5, 0.6) is 0 Å². The number of fused-ring (bicyclic) bond motifs is 1. The number of hydrogen-bond donors (Lipinski definition) is 2. The van der Waals surface area contributed by atoms with Crippen molar-refractivity contribution in [3.63, 3.8) is 0 Å². The molecule has 1 aliphatic heterocycles. The minimum Gasteiger partial charge on any atom is -0.382 e. The molecule has 2 N–H and O–H groups in total. The molecule has 2 fully saturated rings. The van der Waals surface area contributed by atoms with Gasteiger partial charge in [0.15, 0.2) is 16.9 Å². The molecule has 0 aromatic carbocycles. The molecule has 3 aromatic rings. The number of imidazole rings is 1. The van der Waals surface area contributed by atoms with Crippen molar-refractivity contribution in [3.05, 3.63) is 41.1 Å². The van der Waals surface area contributed by atoms with Gasteiger partial charge in [0.2, 0.25) is 0 Å². The summed E-state index contributed by atoms with van der Waals surface area (Å²) in [5, 5.41) is 13.0. The summed E-state index contributed by atoms with van der Waals surface area (Å²) in [4.78, 5) is 32.0. The maximum Gasteiger partial charge on any atom is 0.416 e. The third-order valence-corrected chi connectivity index (χ3v) is 8.82. The van der Waals surface area contributed by atoms with Crippen LogP contribution in [0.3, 0.4) is 0 Å². The van der Waals surface area contributed by atoms with Crippen molar-refractivity contribution in [2.75, 3.05) is 20.3 Å². The number of urea groups is 1. The molecule has 2 atom stereocenters. The lowest BCUT2D eigenvalue weighted by atomic mass is 9.43. The smallest absolute Gasteiger partial charge is 0.382 e. The van der Waals surface area contributed by atoms with Crippen molar-refractivity contribution >= 4 is 49.0 Å². The van der Waals surface area contributed by atoms with Crippen molar-refractivity contribution in [1.82, 2.24) is 40.4 Å². The third kappa shape index (κ3) is 6.21. The standard InChI is InChI=1S/C25H33B4F5N8O5/c1-21(2,25(32,33)34)46-9-14(37-19(43)18-17(11-4-5-11)39-47-40-18)13-8-41-16(36-13)6-12(7-35-41)15(10-45-3)42-20(44)38-23(26,27)22(30,31)24(42,28)29/h6-8,11,14-15H,4-5,9-10,26-29H2,1-3H3,(H,37,43)(H,38,44)/t14-,15+/m0/s1. The van der Waals surface area contributed by atoms with Crippen LogP contribution in [0.1, 0.15) is 72.1 Å². The fourth-order valence-electron chi connectivity index (χ4n) is 5.62. The molecule has 13 nitrogen and oxygen atoms in total. The van der Waals surface area contributed by atoms with Gasteiger partial charge >= 0.3 is 12.2 Å². The van der Waals surface area contributed by atoms with Crippen LogP contribution in [0, 0.1) is 0 Å². The molecule has 22 heteroatoms. The van der Waals surface area contributed by atoms with E-state index in [4.69, 9.17) is 14.1 Å². The topological polar surface area (TPSA) is 149 Å². The number of aromatic nitrogens is 5. The fourth-order valence-corrected chi connectivity index (χ4v) is 5.62. The number of rotatable bonds is 11. The quantitative estimate of drug-likeness (QED) is 0.195. The van der Waals surface area contributed by atoms with Crippen LogP contribution in [0.4, 0.5) is 26.7 Å². The number of methoxy groups -OCH3 is 1. The molecule has 0 unspecified atom stereocenters. The van der Waals surface area contributed by atoms with Crippen molar-refractivity contribution in [1.29, 1.82) is 0 Å². The molecule has 2 aliphatic rings. The first kappa shape index (κ1) is 34.7. The summed E-state index contributed by atoms with van der Waals surface area (Å²) in [6, 6.07) is -1.51. The van der Waals surface area contributed by atoms with Gasteiger partial charge in [-0.15, -0.1) is 0 Å². The molecule has 0 spiro atoms. The number of nitrogens with one attached hydrogen (secondary N) is 2. The van der Waals surface area contributed by atoms with E-state index in [1.165, 1.54) is 61.5 Å². The lowest BCUT2D eigenvalue weighted by Crippen LogP contribution is -2.83. The Morgan fingerprint density at radius 3 is 2.49 bits per heavy atom. The lowest BCUT2D eigenvalue weighted by molar-refractivity contribution is -0.265. The first-order valence-corrected chi connectivity index (χ1v) is 14.9. The van der Waals surface area contributed by atoms with E-state index in [-0.39, 0.29) is 29.6 Å². The van der Waals surface area contributed by atoms with E-state index in [2.05, 4.69) is 31.0 Å². The minimum absolute atomic E-state index is 0.00305. The Morgan fingerprint density at radius 1 is 1.19 bits per heavy atom. The summed E-state index contributed by atoms with van der Waals surface area (Å²) in [7, 11) is 6.39. The van der Waals surface area contributed by atoms with Crippen LogP contribution in [-0.4, -0.2) is 122 Å². The van der Waals surface area contributed by atoms with E-state index in [1.54, 1.807) is 0 Å². The summed E-state index contributed by atoms with van der Waals surface area (Å²) in [6.07, 6.45) is -0.406. The Kier molecular flexibility index (Phi) is 8.69. The Hall–Kier alpha value is -3.67. The zero-order valence-electron chi connectivity index (χ0n) is 26.9. The highest BCUT2D eigenvalue weighted by Gasteiger charge is 2.65. The Balaban J connectivity index is 1.49. The highest BCUT2D eigenvalue weighted by atomic mass is 19.4.